The van der Waals surface area contributed by atoms with E-state index in [0.717, 1.165) is 12.8 Å². The standard InChI is InChI=1S/C14H28N2O3/c1-15-14(6-4-3-5-7-14)12-13(17)16-8-9-19-11-10-18-2/h15H,3-12H2,1-2H3,(H,16,17). The number of carbonyl (C=O) groups excluding carboxylic acids is 1. The van der Waals surface area contributed by atoms with Crippen molar-refractivity contribution in [1.82, 2.24) is 10.6 Å². The molecule has 1 rings (SSSR count). The van der Waals surface area contributed by atoms with Crippen molar-refractivity contribution in [1.29, 1.82) is 0 Å². The molecule has 19 heavy (non-hydrogen) atoms. The normalized spacial score (nSPS) is 18.2. The van der Waals surface area contributed by atoms with Crippen LogP contribution in [-0.2, 0) is 14.3 Å². The molecule has 0 unspecified atom stereocenters. The molecule has 0 atom stereocenters. The first-order valence-electron chi connectivity index (χ1n) is 7.25. The van der Waals surface area contributed by atoms with Gasteiger partial charge in [-0.1, -0.05) is 19.3 Å². The topological polar surface area (TPSA) is 59.6 Å². The van der Waals surface area contributed by atoms with Gasteiger partial charge in [0.05, 0.1) is 19.8 Å². The fraction of sp³-hybridized carbons (Fsp3) is 0.929. The zero-order valence-corrected chi connectivity index (χ0v) is 12.3. The van der Waals surface area contributed by atoms with E-state index in [4.69, 9.17) is 9.47 Å². The summed E-state index contributed by atoms with van der Waals surface area (Å²) in [7, 11) is 3.61. The lowest BCUT2D eigenvalue weighted by molar-refractivity contribution is -0.123. The van der Waals surface area contributed by atoms with E-state index in [2.05, 4.69) is 10.6 Å². The van der Waals surface area contributed by atoms with Crippen molar-refractivity contribution >= 4 is 5.91 Å². The Bertz CT molecular complexity index is 253. The lowest BCUT2D eigenvalue weighted by Gasteiger charge is -2.36. The fourth-order valence-corrected chi connectivity index (χ4v) is 2.62. The maximum atomic E-state index is 11.9. The number of methoxy groups -OCH3 is 1. The highest BCUT2D eigenvalue weighted by atomic mass is 16.5. The van der Waals surface area contributed by atoms with E-state index >= 15 is 0 Å². The Kier molecular flexibility index (Phi) is 8.02. The van der Waals surface area contributed by atoms with E-state index in [0.29, 0.717) is 32.8 Å². The van der Waals surface area contributed by atoms with Gasteiger partial charge in [0.25, 0.3) is 0 Å². The Labute approximate surface area is 116 Å². The lowest BCUT2D eigenvalue weighted by Crippen LogP contribution is -2.48. The van der Waals surface area contributed by atoms with E-state index in [-0.39, 0.29) is 11.4 Å². The van der Waals surface area contributed by atoms with Gasteiger partial charge >= 0.3 is 0 Å². The summed E-state index contributed by atoms with van der Waals surface area (Å²) in [6.07, 6.45) is 6.49. The second-order valence-corrected chi connectivity index (χ2v) is 5.22. The van der Waals surface area contributed by atoms with Gasteiger partial charge in [-0.05, 0) is 19.9 Å². The summed E-state index contributed by atoms with van der Waals surface area (Å²) >= 11 is 0. The molecule has 0 saturated heterocycles. The minimum absolute atomic E-state index is 0.0131. The quantitative estimate of drug-likeness (QED) is 0.617. The molecule has 0 aromatic rings. The first-order chi connectivity index (χ1) is 9.22. The minimum Gasteiger partial charge on any atom is -0.382 e. The molecule has 5 heteroatoms. The van der Waals surface area contributed by atoms with Gasteiger partial charge < -0.3 is 20.1 Å². The lowest BCUT2D eigenvalue weighted by atomic mass is 9.79. The van der Waals surface area contributed by atoms with Crippen LogP contribution in [0.25, 0.3) is 0 Å². The number of carbonyl (C=O) groups is 1. The average molecular weight is 272 g/mol. The van der Waals surface area contributed by atoms with Gasteiger partial charge in [0, 0.05) is 25.6 Å². The van der Waals surface area contributed by atoms with Gasteiger partial charge in [0.1, 0.15) is 0 Å². The molecule has 1 aliphatic carbocycles. The predicted molar refractivity (Wildman–Crippen MR) is 75.2 cm³/mol. The Morgan fingerprint density at radius 1 is 1.16 bits per heavy atom. The minimum atomic E-state index is 0.0131. The zero-order chi connectivity index (χ0) is 14.0. The van der Waals surface area contributed by atoms with Crippen LogP contribution in [0.4, 0.5) is 0 Å². The highest BCUT2D eigenvalue weighted by Gasteiger charge is 2.32. The maximum absolute atomic E-state index is 11.9. The van der Waals surface area contributed by atoms with Crippen LogP contribution < -0.4 is 10.6 Å². The number of amides is 1. The van der Waals surface area contributed by atoms with Crippen LogP contribution in [0.15, 0.2) is 0 Å². The smallest absolute Gasteiger partial charge is 0.221 e. The molecule has 1 amide bonds. The fourth-order valence-electron chi connectivity index (χ4n) is 2.62. The van der Waals surface area contributed by atoms with Crippen LogP contribution in [0, 0.1) is 0 Å². The maximum Gasteiger partial charge on any atom is 0.221 e. The molecule has 112 valence electrons. The first-order valence-corrected chi connectivity index (χ1v) is 7.25. The third kappa shape index (κ3) is 6.36. The van der Waals surface area contributed by atoms with Gasteiger partial charge in [-0.3, -0.25) is 4.79 Å². The molecular weight excluding hydrogens is 244 g/mol. The molecule has 0 radical (unpaired) electrons. The largest absolute Gasteiger partial charge is 0.382 e. The van der Waals surface area contributed by atoms with Gasteiger partial charge in [0.2, 0.25) is 5.91 Å². The van der Waals surface area contributed by atoms with Gasteiger partial charge in [0.15, 0.2) is 0 Å². The molecule has 5 nitrogen and oxygen atoms in total. The molecule has 1 saturated carbocycles. The highest BCUT2D eigenvalue weighted by Crippen LogP contribution is 2.30. The highest BCUT2D eigenvalue weighted by molar-refractivity contribution is 5.77. The van der Waals surface area contributed by atoms with E-state index in [1.54, 1.807) is 7.11 Å². The summed E-state index contributed by atoms with van der Waals surface area (Å²) in [4.78, 5) is 11.9. The van der Waals surface area contributed by atoms with Gasteiger partial charge in [-0.15, -0.1) is 0 Å². The molecule has 1 aliphatic rings. The molecule has 0 aromatic heterocycles. The SMILES string of the molecule is CNC1(CC(=O)NCCOCCOC)CCCCC1. The molecule has 1 fully saturated rings. The molecule has 0 spiro atoms. The Morgan fingerprint density at radius 3 is 2.53 bits per heavy atom. The van der Waals surface area contributed by atoms with Crippen molar-refractivity contribution in [3.63, 3.8) is 0 Å². The number of rotatable bonds is 9. The van der Waals surface area contributed by atoms with Gasteiger partial charge in [-0.25, -0.2) is 0 Å². The van der Waals surface area contributed by atoms with Crippen molar-refractivity contribution in [2.45, 2.75) is 44.1 Å². The van der Waals surface area contributed by atoms with E-state index in [1.807, 2.05) is 7.05 Å². The number of ether oxygens (including phenoxy) is 2. The van der Waals surface area contributed by atoms with Crippen molar-refractivity contribution in [3.8, 4) is 0 Å². The monoisotopic (exact) mass is 272 g/mol. The van der Waals surface area contributed by atoms with Crippen molar-refractivity contribution in [2.75, 3.05) is 40.5 Å². The second-order valence-electron chi connectivity index (χ2n) is 5.22. The number of nitrogens with one attached hydrogen (secondary N) is 2. The summed E-state index contributed by atoms with van der Waals surface area (Å²) in [5.74, 6) is 0.117. The third-order valence-electron chi connectivity index (χ3n) is 3.84. The van der Waals surface area contributed by atoms with Crippen LogP contribution in [0.2, 0.25) is 0 Å². The summed E-state index contributed by atoms with van der Waals surface area (Å²) in [5, 5.41) is 6.28. The number of hydrogen-bond acceptors (Lipinski definition) is 4. The average Bonchev–Trinajstić information content (AvgIpc) is 2.43. The summed E-state index contributed by atoms with van der Waals surface area (Å²) in [6, 6.07) is 0. The zero-order valence-electron chi connectivity index (χ0n) is 12.3. The van der Waals surface area contributed by atoms with E-state index < -0.39 is 0 Å². The molecular formula is C14H28N2O3. The Balaban J connectivity index is 2.15. The number of hydrogen-bond donors (Lipinski definition) is 2. The van der Waals surface area contributed by atoms with Gasteiger partial charge in [-0.2, -0.15) is 0 Å². The van der Waals surface area contributed by atoms with Crippen LogP contribution in [-0.4, -0.2) is 52.0 Å². The molecule has 2 N–H and O–H groups in total. The van der Waals surface area contributed by atoms with Crippen LogP contribution in [0.3, 0.4) is 0 Å². The molecule has 0 heterocycles. The Hall–Kier alpha value is -0.650. The first kappa shape index (κ1) is 16.4. The molecule has 0 aromatic carbocycles. The van der Waals surface area contributed by atoms with Crippen LogP contribution in [0.5, 0.6) is 0 Å². The molecule has 0 bridgehead atoms. The van der Waals surface area contributed by atoms with Crippen molar-refractivity contribution < 1.29 is 14.3 Å². The van der Waals surface area contributed by atoms with Crippen LogP contribution in [0.1, 0.15) is 38.5 Å². The molecule has 0 aliphatic heterocycles. The summed E-state index contributed by atoms with van der Waals surface area (Å²) in [5.41, 5.74) is 0.0131. The summed E-state index contributed by atoms with van der Waals surface area (Å²) in [6.45, 7) is 2.29. The third-order valence-corrected chi connectivity index (χ3v) is 3.84. The van der Waals surface area contributed by atoms with Crippen molar-refractivity contribution in [2.24, 2.45) is 0 Å². The van der Waals surface area contributed by atoms with E-state index in [9.17, 15) is 4.79 Å². The Morgan fingerprint density at radius 2 is 1.89 bits per heavy atom. The van der Waals surface area contributed by atoms with Crippen LogP contribution >= 0.6 is 0 Å². The predicted octanol–water partition coefficient (Wildman–Crippen LogP) is 1.08. The second kappa shape index (κ2) is 9.28. The van der Waals surface area contributed by atoms with Crippen molar-refractivity contribution in [3.05, 3.63) is 0 Å². The van der Waals surface area contributed by atoms with E-state index in [1.165, 1.54) is 19.3 Å². The summed E-state index contributed by atoms with van der Waals surface area (Å²) < 4.78 is 10.2.